The molecule has 148 valence electrons. The summed E-state index contributed by atoms with van der Waals surface area (Å²) in [4.78, 5) is 12.4. The first-order chi connectivity index (χ1) is 13.6. The predicted molar refractivity (Wildman–Crippen MR) is 106 cm³/mol. The van der Waals surface area contributed by atoms with Crippen LogP contribution in [0.4, 0.5) is 15.8 Å². The third kappa shape index (κ3) is 3.97. The molecule has 1 aliphatic heterocycles. The highest BCUT2D eigenvalue weighted by atomic mass is 19.1. The maximum Gasteiger partial charge on any atom is 0.223 e. The molecular weight excluding hydrogens is 357 g/mol. The fourth-order valence-electron chi connectivity index (χ4n) is 4.31. The quantitative estimate of drug-likeness (QED) is 0.721. The largest absolute Gasteiger partial charge is 0.362 e. The fourth-order valence-corrected chi connectivity index (χ4v) is 4.31. The van der Waals surface area contributed by atoms with Crippen molar-refractivity contribution in [2.75, 3.05) is 10.4 Å². The molecule has 2 aliphatic rings. The van der Waals surface area contributed by atoms with Gasteiger partial charge in [-0.15, -0.1) is 0 Å². The zero-order chi connectivity index (χ0) is 19.5. The molecule has 2 aromatic rings. The van der Waals surface area contributed by atoms with Crippen LogP contribution in [0.1, 0.15) is 37.7 Å². The van der Waals surface area contributed by atoms with Crippen LogP contribution in [-0.2, 0) is 11.3 Å². The molecule has 1 heterocycles. The van der Waals surface area contributed by atoms with Gasteiger partial charge >= 0.3 is 0 Å². The summed E-state index contributed by atoms with van der Waals surface area (Å²) in [5.74, 6) is 0.182. The number of para-hydroxylation sites is 2. The van der Waals surface area contributed by atoms with Gasteiger partial charge in [0.25, 0.3) is 0 Å². The minimum Gasteiger partial charge on any atom is -0.362 e. The molecular formula is C22H26FN3O2. The van der Waals surface area contributed by atoms with Gasteiger partial charge in [0.2, 0.25) is 5.91 Å². The van der Waals surface area contributed by atoms with E-state index in [1.54, 1.807) is 18.2 Å². The number of hydrogen-bond donors (Lipinski definition) is 3. The summed E-state index contributed by atoms with van der Waals surface area (Å²) in [6, 6.07) is 14.3. The third-order valence-corrected chi connectivity index (χ3v) is 5.95. The van der Waals surface area contributed by atoms with Gasteiger partial charge in [0.05, 0.1) is 11.4 Å². The van der Waals surface area contributed by atoms with E-state index >= 15 is 0 Å². The van der Waals surface area contributed by atoms with Crippen LogP contribution < -0.4 is 15.7 Å². The second-order valence-electron chi connectivity index (χ2n) is 7.78. The van der Waals surface area contributed by atoms with E-state index in [-0.39, 0.29) is 30.4 Å². The second-order valence-corrected chi connectivity index (χ2v) is 7.78. The molecule has 0 saturated heterocycles. The Bertz CT molecular complexity index is 836. The minimum atomic E-state index is -0.287. The molecule has 3 N–H and O–H groups in total. The molecule has 5 nitrogen and oxygen atoms in total. The van der Waals surface area contributed by atoms with Crippen LogP contribution in [0.5, 0.6) is 0 Å². The number of carbonyl (C=O) groups excluding carboxylic acids is 1. The van der Waals surface area contributed by atoms with Gasteiger partial charge in [-0.05, 0) is 56.2 Å². The van der Waals surface area contributed by atoms with Gasteiger partial charge in [0.15, 0.2) is 0 Å². The summed E-state index contributed by atoms with van der Waals surface area (Å²) in [5, 5.41) is 18.0. The van der Waals surface area contributed by atoms with Gasteiger partial charge in [-0.1, -0.05) is 30.3 Å². The summed E-state index contributed by atoms with van der Waals surface area (Å²) in [6.45, 7) is 0.231. The molecule has 1 amide bonds. The first-order valence-electron chi connectivity index (χ1n) is 9.96. The lowest BCUT2D eigenvalue weighted by atomic mass is 9.79. The van der Waals surface area contributed by atoms with Crippen molar-refractivity contribution in [3.05, 3.63) is 59.9 Å². The number of nitrogens with one attached hydrogen (secondary N) is 2. The minimum absolute atomic E-state index is 0.0110. The van der Waals surface area contributed by atoms with Crippen molar-refractivity contribution in [1.82, 2.24) is 5.32 Å². The zero-order valence-electron chi connectivity index (χ0n) is 15.8. The fraction of sp³-hybridized carbons (Fsp3) is 0.409. The number of fused-ring (bicyclic) bond motifs is 1. The smallest absolute Gasteiger partial charge is 0.223 e. The monoisotopic (exact) mass is 383 g/mol. The summed E-state index contributed by atoms with van der Waals surface area (Å²) < 4.78 is 13.7. The van der Waals surface area contributed by atoms with Crippen LogP contribution in [0, 0.1) is 17.7 Å². The van der Waals surface area contributed by atoms with Crippen LogP contribution in [-0.4, -0.2) is 17.3 Å². The zero-order valence-corrected chi connectivity index (χ0v) is 15.8. The van der Waals surface area contributed by atoms with Crippen LogP contribution in [0.2, 0.25) is 0 Å². The normalized spacial score (nSPS) is 23.8. The van der Waals surface area contributed by atoms with Crippen LogP contribution in [0.25, 0.3) is 0 Å². The predicted octanol–water partition coefficient (Wildman–Crippen LogP) is 4.29. The maximum atomic E-state index is 13.7. The molecule has 2 aromatic carbocycles. The molecule has 1 fully saturated rings. The van der Waals surface area contributed by atoms with Crippen LogP contribution in [0.15, 0.2) is 48.5 Å². The van der Waals surface area contributed by atoms with E-state index in [0.29, 0.717) is 11.5 Å². The lowest BCUT2D eigenvalue weighted by Gasteiger charge is -2.31. The molecule has 6 heteroatoms. The average molecular weight is 383 g/mol. The Morgan fingerprint density at radius 3 is 2.57 bits per heavy atom. The standard InChI is InChI=1S/C22H26FN3O2/c23-18-6-2-1-5-17(18)14-24-22(27)16-11-9-15(10-12-16)13-21-25-19-7-3-4-8-20(19)26(21)28/h1-8,15-16,21,25,28H,9-14H2,(H,24,27). The third-order valence-electron chi connectivity index (χ3n) is 5.95. The first kappa shape index (κ1) is 18.7. The van der Waals surface area contributed by atoms with E-state index in [4.69, 9.17) is 0 Å². The Hall–Kier alpha value is -2.60. The van der Waals surface area contributed by atoms with Crippen molar-refractivity contribution >= 4 is 17.3 Å². The van der Waals surface area contributed by atoms with Crippen molar-refractivity contribution in [2.45, 2.75) is 44.8 Å². The highest BCUT2D eigenvalue weighted by Gasteiger charge is 2.32. The van der Waals surface area contributed by atoms with Crippen LogP contribution in [0.3, 0.4) is 0 Å². The highest BCUT2D eigenvalue weighted by molar-refractivity contribution is 5.78. The van der Waals surface area contributed by atoms with E-state index in [1.165, 1.54) is 11.1 Å². The Balaban J connectivity index is 1.24. The Morgan fingerprint density at radius 2 is 1.82 bits per heavy atom. The van der Waals surface area contributed by atoms with Gasteiger partial charge in [0, 0.05) is 18.0 Å². The number of nitrogens with zero attached hydrogens (tertiary/aromatic N) is 1. The number of anilines is 2. The number of halogens is 1. The molecule has 1 aliphatic carbocycles. The highest BCUT2D eigenvalue weighted by Crippen LogP contribution is 2.38. The average Bonchev–Trinajstić information content (AvgIpc) is 3.03. The SMILES string of the molecule is O=C(NCc1ccccc1F)C1CCC(CC2Nc3ccccc3N2O)CC1. The molecule has 1 atom stereocenters. The van der Waals surface area contributed by atoms with Crippen molar-refractivity contribution in [1.29, 1.82) is 0 Å². The van der Waals surface area contributed by atoms with Crippen molar-refractivity contribution < 1.29 is 14.4 Å². The topological polar surface area (TPSA) is 64.6 Å². The van der Waals surface area contributed by atoms with E-state index in [9.17, 15) is 14.4 Å². The molecule has 0 aromatic heterocycles. The number of amides is 1. The van der Waals surface area contributed by atoms with E-state index in [1.807, 2.05) is 24.3 Å². The molecule has 0 radical (unpaired) electrons. The molecule has 0 spiro atoms. The lowest BCUT2D eigenvalue weighted by Crippen LogP contribution is -2.37. The van der Waals surface area contributed by atoms with Gasteiger partial charge in [-0.2, -0.15) is 0 Å². The lowest BCUT2D eigenvalue weighted by molar-refractivity contribution is -0.126. The van der Waals surface area contributed by atoms with Crippen molar-refractivity contribution in [3.63, 3.8) is 0 Å². The van der Waals surface area contributed by atoms with Gasteiger partial charge in [-0.25, -0.2) is 9.45 Å². The Morgan fingerprint density at radius 1 is 1.11 bits per heavy atom. The number of rotatable bonds is 5. The van der Waals surface area contributed by atoms with Crippen LogP contribution >= 0.6 is 0 Å². The summed E-state index contributed by atoms with van der Waals surface area (Å²) >= 11 is 0. The number of benzene rings is 2. The molecule has 0 bridgehead atoms. The first-order valence-corrected chi connectivity index (χ1v) is 9.96. The molecule has 1 saturated carbocycles. The number of carbonyl (C=O) groups is 1. The molecule has 4 rings (SSSR count). The second kappa shape index (κ2) is 8.19. The molecule has 28 heavy (non-hydrogen) atoms. The summed E-state index contributed by atoms with van der Waals surface area (Å²) in [5.41, 5.74) is 2.28. The van der Waals surface area contributed by atoms with Gasteiger partial charge in [0.1, 0.15) is 12.0 Å². The summed E-state index contributed by atoms with van der Waals surface area (Å²) in [6.07, 6.45) is 4.31. The van der Waals surface area contributed by atoms with E-state index in [0.717, 1.165) is 43.5 Å². The van der Waals surface area contributed by atoms with Gasteiger partial charge in [-0.3, -0.25) is 10.0 Å². The number of hydroxylamine groups is 1. The summed E-state index contributed by atoms with van der Waals surface area (Å²) in [7, 11) is 0. The van der Waals surface area contributed by atoms with Crippen molar-refractivity contribution in [3.8, 4) is 0 Å². The van der Waals surface area contributed by atoms with Crippen molar-refractivity contribution in [2.24, 2.45) is 11.8 Å². The maximum absolute atomic E-state index is 13.7. The number of hydrogen-bond acceptors (Lipinski definition) is 4. The Labute approximate surface area is 164 Å². The molecule has 1 unspecified atom stereocenters. The Kier molecular flexibility index (Phi) is 5.48. The van der Waals surface area contributed by atoms with E-state index < -0.39 is 0 Å². The van der Waals surface area contributed by atoms with Gasteiger partial charge < -0.3 is 10.6 Å². The van der Waals surface area contributed by atoms with E-state index in [2.05, 4.69) is 10.6 Å².